The molecule has 4 nitrogen and oxygen atoms in total. The van der Waals surface area contributed by atoms with E-state index in [9.17, 15) is 4.79 Å². The molecular formula is C14H9ClN2O2. The Hall–Kier alpha value is -2.51. The molecule has 1 heterocycles. The summed E-state index contributed by atoms with van der Waals surface area (Å²) in [6.07, 6.45) is 1.31. The van der Waals surface area contributed by atoms with Gasteiger partial charge in [0.05, 0.1) is 0 Å². The Morgan fingerprint density at radius 2 is 1.95 bits per heavy atom. The summed E-state index contributed by atoms with van der Waals surface area (Å²) in [6.45, 7) is 0. The average Bonchev–Trinajstić information content (AvgIpc) is 2.85. The van der Waals surface area contributed by atoms with E-state index in [0.717, 1.165) is 5.56 Å². The van der Waals surface area contributed by atoms with Crippen molar-refractivity contribution >= 4 is 23.6 Å². The van der Waals surface area contributed by atoms with Crippen molar-refractivity contribution in [2.75, 3.05) is 0 Å². The molecule has 0 aliphatic heterocycles. The first-order valence-electron chi connectivity index (χ1n) is 5.37. The van der Waals surface area contributed by atoms with Gasteiger partial charge in [-0.15, -0.1) is 0 Å². The summed E-state index contributed by atoms with van der Waals surface area (Å²) in [5.74, 6) is 0.219. The van der Waals surface area contributed by atoms with Crippen LogP contribution in [0, 0.1) is 11.3 Å². The first-order valence-corrected chi connectivity index (χ1v) is 5.75. The number of primary amides is 1. The normalized spacial score (nSPS) is 11.1. The molecular weight excluding hydrogens is 264 g/mol. The van der Waals surface area contributed by atoms with E-state index in [4.69, 9.17) is 27.0 Å². The van der Waals surface area contributed by atoms with Crippen LogP contribution in [-0.2, 0) is 4.79 Å². The van der Waals surface area contributed by atoms with E-state index in [-0.39, 0.29) is 5.57 Å². The van der Waals surface area contributed by atoms with Crippen LogP contribution in [0.2, 0.25) is 5.02 Å². The molecule has 2 N–H and O–H groups in total. The summed E-state index contributed by atoms with van der Waals surface area (Å²) in [7, 11) is 0. The van der Waals surface area contributed by atoms with E-state index in [1.807, 2.05) is 12.1 Å². The summed E-state index contributed by atoms with van der Waals surface area (Å²) >= 11 is 5.80. The van der Waals surface area contributed by atoms with Crippen molar-refractivity contribution in [3.63, 3.8) is 0 Å². The molecule has 1 aromatic heterocycles. The second kappa shape index (κ2) is 5.42. The Labute approximate surface area is 114 Å². The van der Waals surface area contributed by atoms with E-state index < -0.39 is 5.91 Å². The van der Waals surface area contributed by atoms with Crippen molar-refractivity contribution in [1.29, 1.82) is 5.26 Å². The van der Waals surface area contributed by atoms with Crippen LogP contribution in [0.5, 0.6) is 0 Å². The predicted molar refractivity (Wildman–Crippen MR) is 71.9 cm³/mol. The van der Waals surface area contributed by atoms with Crippen LogP contribution in [0.25, 0.3) is 17.4 Å². The number of hydrogen-bond donors (Lipinski definition) is 1. The van der Waals surface area contributed by atoms with Crippen LogP contribution < -0.4 is 5.73 Å². The average molecular weight is 273 g/mol. The van der Waals surface area contributed by atoms with Gasteiger partial charge in [0, 0.05) is 16.7 Å². The molecule has 2 aromatic rings. The Bertz CT molecular complexity index is 678. The number of rotatable bonds is 3. The van der Waals surface area contributed by atoms with Gasteiger partial charge in [0.1, 0.15) is 23.2 Å². The highest BCUT2D eigenvalue weighted by Crippen LogP contribution is 2.24. The van der Waals surface area contributed by atoms with Crippen LogP contribution in [0.3, 0.4) is 0 Å². The number of carbonyl (C=O) groups excluding carboxylic acids is 1. The highest BCUT2D eigenvalue weighted by molar-refractivity contribution is 6.30. The van der Waals surface area contributed by atoms with Crippen LogP contribution in [0.1, 0.15) is 5.76 Å². The maximum atomic E-state index is 10.9. The number of nitrogens with two attached hydrogens (primary N) is 1. The van der Waals surface area contributed by atoms with E-state index in [1.165, 1.54) is 6.08 Å². The Morgan fingerprint density at radius 3 is 2.53 bits per heavy atom. The lowest BCUT2D eigenvalue weighted by molar-refractivity contribution is -0.114. The van der Waals surface area contributed by atoms with Gasteiger partial charge in [-0.2, -0.15) is 5.26 Å². The van der Waals surface area contributed by atoms with Crippen molar-refractivity contribution in [1.82, 2.24) is 0 Å². The fourth-order valence-electron chi connectivity index (χ4n) is 1.50. The van der Waals surface area contributed by atoms with Crippen LogP contribution >= 0.6 is 11.6 Å². The van der Waals surface area contributed by atoms with E-state index in [0.29, 0.717) is 16.5 Å². The van der Waals surface area contributed by atoms with Gasteiger partial charge in [-0.3, -0.25) is 4.79 Å². The zero-order valence-electron chi connectivity index (χ0n) is 9.76. The minimum absolute atomic E-state index is 0.156. The molecule has 1 aromatic carbocycles. The molecule has 0 saturated carbocycles. The molecule has 0 spiro atoms. The Morgan fingerprint density at radius 1 is 1.26 bits per heavy atom. The van der Waals surface area contributed by atoms with E-state index in [2.05, 4.69) is 0 Å². The fraction of sp³-hybridized carbons (Fsp3) is 0. The van der Waals surface area contributed by atoms with Gasteiger partial charge in [0.25, 0.3) is 5.91 Å². The Balaban J connectivity index is 2.32. The maximum absolute atomic E-state index is 10.9. The summed E-state index contributed by atoms with van der Waals surface area (Å²) in [5.41, 5.74) is 5.74. The number of nitrogens with zero attached hydrogens (tertiary/aromatic N) is 1. The molecule has 0 aliphatic carbocycles. The van der Waals surface area contributed by atoms with Crippen LogP contribution in [-0.4, -0.2) is 5.91 Å². The molecule has 0 fully saturated rings. The first kappa shape index (κ1) is 12.9. The molecule has 2 rings (SSSR count). The van der Waals surface area contributed by atoms with Crippen LogP contribution in [0.4, 0.5) is 0 Å². The molecule has 0 atom stereocenters. The zero-order chi connectivity index (χ0) is 13.8. The zero-order valence-corrected chi connectivity index (χ0v) is 10.5. The summed E-state index contributed by atoms with van der Waals surface area (Å²) in [4.78, 5) is 10.9. The molecule has 19 heavy (non-hydrogen) atoms. The lowest BCUT2D eigenvalue weighted by atomic mass is 10.2. The lowest BCUT2D eigenvalue weighted by Crippen LogP contribution is -2.12. The standard InChI is InChI=1S/C14H9ClN2O2/c15-11-3-1-9(2-4-11)13-6-5-12(19-13)7-10(8-16)14(17)18/h1-7H,(H2,17,18). The van der Waals surface area contributed by atoms with Crippen molar-refractivity contribution < 1.29 is 9.21 Å². The van der Waals surface area contributed by atoms with Crippen molar-refractivity contribution in [3.05, 3.63) is 52.8 Å². The largest absolute Gasteiger partial charge is 0.457 e. The third-order valence-corrected chi connectivity index (χ3v) is 2.68. The van der Waals surface area contributed by atoms with Crippen molar-refractivity contribution in [2.45, 2.75) is 0 Å². The smallest absolute Gasteiger partial charge is 0.259 e. The highest BCUT2D eigenvalue weighted by atomic mass is 35.5. The SMILES string of the molecule is N#CC(=Cc1ccc(-c2ccc(Cl)cc2)o1)C(N)=O. The van der Waals surface area contributed by atoms with Gasteiger partial charge < -0.3 is 10.2 Å². The third-order valence-electron chi connectivity index (χ3n) is 2.43. The maximum Gasteiger partial charge on any atom is 0.259 e. The van der Waals surface area contributed by atoms with Crippen LogP contribution in [0.15, 0.2) is 46.4 Å². The molecule has 0 unspecified atom stereocenters. The molecule has 5 heteroatoms. The topological polar surface area (TPSA) is 80.0 Å². The van der Waals surface area contributed by atoms with Gasteiger partial charge in [-0.05, 0) is 36.4 Å². The van der Waals surface area contributed by atoms with Gasteiger partial charge in [0.2, 0.25) is 0 Å². The van der Waals surface area contributed by atoms with Crippen molar-refractivity contribution in [3.8, 4) is 17.4 Å². The monoisotopic (exact) mass is 272 g/mol. The second-order valence-electron chi connectivity index (χ2n) is 3.74. The van der Waals surface area contributed by atoms with E-state index in [1.54, 1.807) is 30.3 Å². The summed E-state index contributed by atoms with van der Waals surface area (Å²) in [6, 6.07) is 12.2. The quantitative estimate of drug-likeness (QED) is 0.689. The van der Waals surface area contributed by atoms with Gasteiger partial charge in [-0.25, -0.2) is 0 Å². The second-order valence-corrected chi connectivity index (χ2v) is 4.18. The van der Waals surface area contributed by atoms with E-state index >= 15 is 0 Å². The number of hydrogen-bond acceptors (Lipinski definition) is 3. The summed E-state index contributed by atoms with van der Waals surface area (Å²) in [5, 5.41) is 9.37. The highest BCUT2D eigenvalue weighted by Gasteiger charge is 2.07. The molecule has 1 amide bonds. The van der Waals surface area contributed by atoms with Gasteiger partial charge in [0.15, 0.2) is 0 Å². The molecule has 0 saturated heterocycles. The minimum atomic E-state index is -0.785. The molecule has 94 valence electrons. The lowest BCUT2D eigenvalue weighted by Gasteiger charge is -1.96. The predicted octanol–water partition coefficient (Wildman–Crippen LogP) is 2.99. The number of carbonyl (C=O) groups is 1. The number of halogens is 1. The van der Waals surface area contributed by atoms with Gasteiger partial charge >= 0.3 is 0 Å². The number of nitriles is 1. The minimum Gasteiger partial charge on any atom is -0.457 e. The number of benzene rings is 1. The molecule has 0 aliphatic rings. The third kappa shape index (κ3) is 3.03. The number of furan rings is 1. The molecule has 0 bridgehead atoms. The van der Waals surface area contributed by atoms with Gasteiger partial charge in [-0.1, -0.05) is 11.6 Å². The first-order chi connectivity index (χ1) is 9.10. The van der Waals surface area contributed by atoms with Crippen molar-refractivity contribution in [2.24, 2.45) is 5.73 Å². The number of amides is 1. The summed E-state index contributed by atoms with van der Waals surface area (Å²) < 4.78 is 5.51. The fourth-order valence-corrected chi connectivity index (χ4v) is 1.63. The molecule has 0 radical (unpaired) electrons. The Kier molecular flexibility index (Phi) is 3.69.